The van der Waals surface area contributed by atoms with Crippen LogP contribution in [0.5, 0.6) is 0 Å². The molecule has 3 unspecified atom stereocenters. The summed E-state index contributed by atoms with van der Waals surface area (Å²) in [5, 5.41) is 9.42. The number of carbonyl (C=O) groups excluding carboxylic acids is 3. The second-order valence-corrected chi connectivity index (χ2v) is 9.88. The van der Waals surface area contributed by atoms with E-state index in [1.807, 2.05) is 30.3 Å². The van der Waals surface area contributed by atoms with Gasteiger partial charge >= 0.3 is 6.09 Å². The molecular weight excluding hydrogens is 440 g/mol. The van der Waals surface area contributed by atoms with Crippen LogP contribution in [0.25, 0.3) is 0 Å². The molecule has 10 heteroatoms. The van der Waals surface area contributed by atoms with Gasteiger partial charge in [-0.15, -0.1) is 0 Å². The van der Waals surface area contributed by atoms with Crippen molar-refractivity contribution in [2.45, 2.75) is 37.8 Å². The first-order chi connectivity index (χ1) is 16.5. The van der Waals surface area contributed by atoms with Gasteiger partial charge in [-0.1, -0.05) is 18.2 Å². The van der Waals surface area contributed by atoms with Gasteiger partial charge < -0.3 is 19.3 Å². The topological polar surface area (TPSA) is 112 Å². The number of anilines is 1. The van der Waals surface area contributed by atoms with Crippen LogP contribution in [-0.2, 0) is 19.1 Å². The van der Waals surface area contributed by atoms with E-state index in [1.54, 1.807) is 10.4 Å². The number of hydrogen-bond acceptors (Lipinski definition) is 7. The van der Waals surface area contributed by atoms with Crippen LogP contribution >= 0.6 is 0 Å². The molecule has 1 saturated carbocycles. The molecule has 1 aliphatic carbocycles. The number of piperazine rings is 1. The number of benzene rings is 1. The van der Waals surface area contributed by atoms with Gasteiger partial charge in [-0.25, -0.2) is 10.3 Å². The Morgan fingerprint density at radius 3 is 2.44 bits per heavy atom. The van der Waals surface area contributed by atoms with Crippen molar-refractivity contribution in [1.29, 1.82) is 0 Å². The summed E-state index contributed by atoms with van der Waals surface area (Å²) in [7, 11) is 0. The fourth-order valence-corrected chi connectivity index (χ4v) is 5.49. The zero-order valence-corrected chi connectivity index (χ0v) is 19.2. The van der Waals surface area contributed by atoms with Crippen LogP contribution in [0.1, 0.15) is 25.7 Å². The van der Waals surface area contributed by atoms with E-state index >= 15 is 0 Å². The average molecular weight is 473 g/mol. The Bertz CT molecular complexity index is 909. The predicted molar refractivity (Wildman–Crippen MR) is 121 cm³/mol. The Balaban J connectivity index is 1.34. The molecule has 1 spiro atoms. The van der Waals surface area contributed by atoms with E-state index < -0.39 is 24.0 Å². The highest BCUT2D eigenvalue weighted by molar-refractivity contribution is 5.93. The van der Waals surface area contributed by atoms with Crippen molar-refractivity contribution >= 4 is 23.6 Å². The lowest BCUT2D eigenvalue weighted by Crippen LogP contribution is -2.63. The van der Waals surface area contributed by atoms with Crippen LogP contribution in [0.4, 0.5) is 10.5 Å². The molecule has 34 heavy (non-hydrogen) atoms. The summed E-state index contributed by atoms with van der Waals surface area (Å²) in [6.45, 7) is 3.55. The zero-order chi connectivity index (χ0) is 23.7. The number of para-hydroxylation sites is 1. The van der Waals surface area contributed by atoms with Crippen molar-refractivity contribution in [2.75, 3.05) is 50.8 Å². The molecule has 1 aromatic carbocycles. The van der Waals surface area contributed by atoms with Gasteiger partial charge in [0.15, 0.2) is 0 Å². The summed E-state index contributed by atoms with van der Waals surface area (Å²) < 4.78 is 11.0. The highest BCUT2D eigenvalue weighted by atomic mass is 16.6. The fourth-order valence-electron chi connectivity index (χ4n) is 5.49. The number of amides is 3. The minimum Gasteiger partial charge on any atom is -0.444 e. The molecule has 1 aromatic rings. The summed E-state index contributed by atoms with van der Waals surface area (Å²) >= 11 is 0. The largest absolute Gasteiger partial charge is 0.444 e. The summed E-state index contributed by atoms with van der Waals surface area (Å²) in [4.78, 5) is 45.1. The minimum absolute atomic E-state index is 0.189. The Labute approximate surface area is 198 Å². The number of hydroxylamine groups is 1. The van der Waals surface area contributed by atoms with Gasteiger partial charge in [0.05, 0.1) is 19.1 Å². The van der Waals surface area contributed by atoms with Crippen LogP contribution in [-0.4, -0.2) is 91.0 Å². The van der Waals surface area contributed by atoms with E-state index in [1.165, 1.54) is 4.90 Å². The first-order valence-corrected chi connectivity index (χ1v) is 12.1. The molecule has 3 atom stereocenters. The van der Waals surface area contributed by atoms with Crippen molar-refractivity contribution in [1.82, 2.24) is 15.3 Å². The normalized spacial score (nSPS) is 28.0. The second-order valence-electron chi connectivity index (χ2n) is 9.88. The molecular formula is C24H32N4O6. The first kappa shape index (κ1) is 22.9. The molecule has 3 heterocycles. The SMILES string of the molecule is O=C(NO)C1CC2(CC2)CN(C(=O)OC2CCOC2)C1C(=O)N1CCN(c2ccccc2)CC1. The van der Waals surface area contributed by atoms with Crippen molar-refractivity contribution in [3.05, 3.63) is 30.3 Å². The fraction of sp³-hybridized carbons (Fsp3) is 0.625. The van der Waals surface area contributed by atoms with E-state index in [0.29, 0.717) is 58.8 Å². The number of carbonyl (C=O) groups is 3. The monoisotopic (exact) mass is 472 g/mol. The maximum Gasteiger partial charge on any atom is 0.410 e. The Morgan fingerprint density at radius 1 is 1.09 bits per heavy atom. The number of rotatable bonds is 4. The standard InChI is InChI=1S/C24H32N4O6/c29-21(25-32)19-14-24(7-8-24)16-28(23(31)34-18-6-13-33-15-18)20(19)22(30)27-11-9-26(10-12-27)17-4-2-1-3-5-17/h1-5,18-20,32H,6-16H2,(H,25,29). The van der Waals surface area contributed by atoms with Crippen LogP contribution in [0.15, 0.2) is 30.3 Å². The summed E-state index contributed by atoms with van der Waals surface area (Å²) in [5.41, 5.74) is 2.64. The van der Waals surface area contributed by atoms with Crippen molar-refractivity contribution in [3.8, 4) is 0 Å². The molecule has 10 nitrogen and oxygen atoms in total. The minimum atomic E-state index is -1.00. The Hall–Kier alpha value is -2.85. The lowest BCUT2D eigenvalue weighted by Gasteiger charge is -2.45. The number of piperidine rings is 1. The van der Waals surface area contributed by atoms with Gasteiger partial charge in [0, 0.05) is 44.8 Å². The van der Waals surface area contributed by atoms with Crippen LogP contribution in [0.2, 0.25) is 0 Å². The molecule has 4 fully saturated rings. The van der Waals surface area contributed by atoms with E-state index in [4.69, 9.17) is 9.47 Å². The van der Waals surface area contributed by atoms with Crippen LogP contribution in [0.3, 0.4) is 0 Å². The van der Waals surface area contributed by atoms with Crippen LogP contribution in [0, 0.1) is 11.3 Å². The molecule has 5 rings (SSSR count). The summed E-state index contributed by atoms with van der Waals surface area (Å²) in [5.74, 6) is -1.72. The number of hydrogen-bond donors (Lipinski definition) is 2. The van der Waals surface area contributed by atoms with Crippen molar-refractivity contribution in [3.63, 3.8) is 0 Å². The maximum atomic E-state index is 13.8. The first-order valence-electron chi connectivity index (χ1n) is 12.1. The third-order valence-electron chi connectivity index (χ3n) is 7.64. The maximum absolute atomic E-state index is 13.8. The van der Waals surface area contributed by atoms with Crippen molar-refractivity contribution in [2.24, 2.45) is 11.3 Å². The van der Waals surface area contributed by atoms with E-state index in [2.05, 4.69) is 4.90 Å². The molecule has 4 aliphatic rings. The molecule has 3 amide bonds. The lowest BCUT2D eigenvalue weighted by atomic mass is 9.80. The molecule has 3 aliphatic heterocycles. The van der Waals surface area contributed by atoms with Gasteiger partial charge in [-0.2, -0.15) is 0 Å². The molecule has 0 radical (unpaired) electrons. The number of nitrogens with one attached hydrogen (secondary N) is 1. The zero-order valence-electron chi connectivity index (χ0n) is 19.2. The molecule has 0 aromatic heterocycles. The summed E-state index contributed by atoms with van der Waals surface area (Å²) in [6.07, 6.45) is 1.92. The third-order valence-corrected chi connectivity index (χ3v) is 7.64. The van der Waals surface area contributed by atoms with Gasteiger partial charge in [0.1, 0.15) is 12.1 Å². The number of likely N-dealkylation sites (tertiary alicyclic amines) is 1. The van der Waals surface area contributed by atoms with Gasteiger partial charge in [0.25, 0.3) is 0 Å². The van der Waals surface area contributed by atoms with Gasteiger partial charge in [-0.05, 0) is 36.8 Å². The highest BCUT2D eigenvalue weighted by Gasteiger charge is 2.58. The van der Waals surface area contributed by atoms with Crippen molar-refractivity contribution < 1.29 is 29.1 Å². The number of nitrogens with zero attached hydrogens (tertiary/aromatic N) is 3. The summed E-state index contributed by atoms with van der Waals surface area (Å²) in [6, 6.07) is 9.02. The smallest absolute Gasteiger partial charge is 0.410 e. The quantitative estimate of drug-likeness (QED) is 0.501. The second kappa shape index (κ2) is 9.42. The third kappa shape index (κ3) is 4.56. The Morgan fingerprint density at radius 2 is 1.82 bits per heavy atom. The Kier molecular flexibility index (Phi) is 6.35. The molecule has 2 N–H and O–H groups in total. The van der Waals surface area contributed by atoms with Gasteiger partial charge in [-0.3, -0.25) is 19.7 Å². The van der Waals surface area contributed by atoms with E-state index in [-0.39, 0.29) is 17.4 Å². The van der Waals surface area contributed by atoms with E-state index in [9.17, 15) is 19.6 Å². The highest BCUT2D eigenvalue weighted by Crippen LogP contribution is 2.55. The van der Waals surface area contributed by atoms with Crippen LogP contribution < -0.4 is 10.4 Å². The average Bonchev–Trinajstić information content (AvgIpc) is 3.41. The molecule has 0 bridgehead atoms. The molecule has 184 valence electrons. The predicted octanol–water partition coefficient (Wildman–Crippen LogP) is 1.24. The number of ether oxygens (including phenoxy) is 2. The van der Waals surface area contributed by atoms with Gasteiger partial charge in [0.2, 0.25) is 11.8 Å². The lowest BCUT2D eigenvalue weighted by molar-refractivity contribution is -0.150. The molecule has 3 saturated heterocycles. The van der Waals surface area contributed by atoms with E-state index in [0.717, 1.165) is 18.5 Å².